The molecule has 0 spiro atoms. The van der Waals surface area contributed by atoms with Gasteiger partial charge in [0.05, 0.1) is 19.1 Å². The molecule has 0 bridgehead atoms. The zero-order valence-corrected chi connectivity index (χ0v) is 7.73. The highest BCUT2D eigenvalue weighted by molar-refractivity contribution is 5.58. The topological polar surface area (TPSA) is 110 Å². The van der Waals surface area contributed by atoms with Crippen LogP contribution in [0, 0.1) is 0 Å². The fourth-order valence-electron chi connectivity index (χ4n) is 1.06. The van der Waals surface area contributed by atoms with Gasteiger partial charge in [-0.2, -0.15) is 0 Å². The van der Waals surface area contributed by atoms with Gasteiger partial charge in [-0.3, -0.25) is 4.79 Å². The Morgan fingerprint density at radius 2 is 2.47 bits per heavy atom. The van der Waals surface area contributed by atoms with Crippen LogP contribution in [0.1, 0.15) is 5.76 Å². The van der Waals surface area contributed by atoms with Crippen molar-refractivity contribution in [2.75, 3.05) is 11.1 Å². The van der Waals surface area contributed by atoms with Crippen molar-refractivity contribution in [3.05, 3.63) is 34.7 Å². The van der Waals surface area contributed by atoms with E-state index in [1.807, 2.05) is 0 Å². The highest BCUT2D eigenvalue weighted by Gasteiger charge is 2.04. The molecule has 7 heteroatoms. The molecule has 0 aliphatic rings. The lowest BCUT2D eigenvalue weighted by Crippen LogP contribution is -2.15. The van der Waals surface area contributed by atoms with Crippen LogP contribution in [0.3, 0.4) is 0 Å². The Hall–Kier alpha value is -2.31. The zero-order valence-electron chi connectivity index (χ0n) is 7.73. The van der Waals surface area contributed by atoms with Crippen LogP contribution in [0.5, 0.6) is 0 Å². The first-order valence-corrected chi connectivity index (χ1v) is 4.24. The highest BCUT2D eigenvalue weighted by atomic mass is 16.5. The third kappa shape index (κ3) is 1.96. The number of nitrogens with two attached hydrogens (primary N) is 1. The molecule has 2 heterocycles. The largest absolute Gasteiger partial charge is 0.391 e. The monoisotopic (exact) mass is 207 g/mol. The fourth-order valence-corrected chi connectivity index (χ4v) is 1.06. The number of rotatable bonds is 3. The molecule has 0 amide bonds. The molecule has 2 rings (SSSR count). The van der Waals surface area contributed by atoms with E-state index in [4.69, 9.17) is 10.3 Å². The Labute approximate surface area is 84.3 Å². The maximum absolute atomic E-state index is 11.1. The second kappa shape index (κ2) is 3.82. The Morgan fingerprint density at radius 1 is 1.60 bits per heavy atom. The number of hydrogen-bond donors (Lipinski definition) is 3. The molecule has 7 nitrogen and oxygen atoms in total. The lowest BCUT2D eigenvalue weighted by atomic mass is 10.4. The Bertz CT molecular complexity index is 490. The van der Waals surface area contributed by atoms with Crippen LogP contribution in [-0.2, 0) is 6.54 Å². The maximum Gasteiger partial charge on any atom is 0.276 e. The summed E-state index contributed by atoms with van der Waals surface area (Å²) in [6, 6.07) is 1.70. The molecule has 0 fully saturated rings. The molecule has 0 aliphatic heterocycles. The van der Waals surface area contributed by atoms with Crippen molar-refractivity contribution in [1.29, 1.82) is 0 Å². The maximum atomic E-state index is 11.1. The predicted octanol–water partition coefficient (Wildman–Crippen LogP) is -0.0478. The average molecular weight is 207 g/mol. The van der Waals surface area contributed by atoms with Gasteiger partial charge >= 0.3 is 0 Å². The van der Waals surface area contributed by atoms with Crippen molar-refractivity contribution in [3.63, 3.8) is 0 Å². The van der Waals surface area contributed by atoms with Gasteiger partial charge < -0.3 is 20.6 Å². The van der Waals surface area contributed by atoms with E-state index in [0.29, 0.717) is 18.1 Å². The molecule has 0 radical (unpaired) electrons. The molecule has 0 aromatic carbocycles. The minimum Gasteiger partial charge on any atom is -0.391 e. The van der Waals surface area contributed by atoms with Gasteiger partial charge in [0.15, 0.2) is 11.6 Å². The lowest BCUT2D eigenvalue weighted by Gasteiger charge is -2.04. The molecule has 78 valence electrons. The van der Waals surface area contributed by atoms with Crippen LogP contribution < -0.4 is 16.6 Å². The SMILES string of the molecule is Nc1c(NCc2ccno2)nc[nH]c1=O. The van der Waals surface area contributed by atoms with Crippen LogP contribution in [0.15, 0.2) is 27.9 Å². The fraction of sp³-hybridized carbons (Fsp3) is 0.125. The normalized spacial score (nSPS) is 10.1. The van der Waals surface area contributed by atoms with Crippen molar-refractivity contribution in [2.45, 2.75) is 6.54 Å². The first-order chi connectivity index (χ1) is 7.27. The van der Waals surface area contributed by atoms with E-state index in [0.717, 1.165) is 0 Å². The van der Waals surface area contributed by atoms with Crippen LogP contribution in [0.4, 0.5) is 11.5 Å². The molecule has 2 aromatic heterocycles. The summed E-state index contributed by atoms with van der Waals surface area (Å²) in [5.41, 5.74) is 5.19. The van der Waals surface area contributed by atoms with E-state index >= 15 is 0 Å². The van der Waals surface area contributed by atoms with Crippen LogP contribution >= 0.6 is 0 Å². The quantitative estimate of drug-likeness (QED) is 0.651. The number of aromatic amines is 1. The number of H-pyrrole nitrogens is 1. The second-order valence-electron chi connectivity index (χ2n) is 2.83. The third-order valence-electron chi connectivity index (χ3n) is 1.81. The second-order valence-corrected chi connectivity index (χ2v) is 2.83. The number of hydrogen-bond acceptors (Lipinski definition) is 6. The number of anilines is 2. The van der Waals surface area contributed by atoms with Gasteiger partial charge in [-0.1, -0.05) is 5.16 Å². The summed E-state index contributed by atoms with van der Waals surface area (Å²) < 4.78 is 4.86. The summed E-state index contributed by atoms with van der Waals surface area (Å²) in [4.78, 5) is 17.4. The molecule has 0 saturated carbocycles. The first kappa shape index (κ1) is 9.25. The van der Waals surface area contributed by atoms with Gasteiger partial charge in [0.2, 0.25) is 0 Å². The Kier molecular flexibility index (Phi) is 2.36. The summed E-state index contributed by atoms with van der Waals surface area (Å²) in [7, 11) is 0. The number of nitrogen functional groups attached to an aromatic ring is 1. The summed E-state index contributed by atoms with van der Waals surface area (Å²) in [5.74, 6) is 0.964. The highest BCUT2D eigenvalue weighted by Crippen LogP contribution is 2.09. The van der Waals surface area contributed by atoms with E-state index < -0.39 is 0 Å². The minimum atomic E-state index is -0.370. The standard InChI is InChI=1S/C8H9N5O2/c9-6-7(11-4-12-8(6)14)10-3-5-1-2-13-15-5/h1-2,4H,3,9H2,(H2,10,11,12,14). The van der Waals surface area contributed by atoms with Gasteiger partial charge in [0.25, 0.3) is 5.56 Å². The van der Waals surface area contributed by atoms with Crippen LogP contribution in [0.25, 0.3) is 0 Å². The zero-order chi connectivity index (χ0) is 10.7. The molecule has 0 saturated heterocycles. The Balaban J connectivity index is 2.12. The van der Waals surface area contributed by atoms with Crippen molar-refractivity contribution in [3.8, 4) is 0 Å². The van der Waals surface area contributed by atoms with E-state index in [1.54, 1.807) is 6.07 Å². The smallest absolute Gasteiger partial charge is 0.276 e. The van der Waals surface area contributed by atoms with Crippen molar-refractivity contribution in [2.24, 2.45) is 0 Å². The van der Waals surface area contributed by atoms with Crippen LogP contribution in [0.2, 0.25) is 0 Å². The number of nitrogens with zero attached hydrogens (tertiary/aromatic N) is 2. The summed E-state index contributed by atoms with van der Waals surface area (Å²) in [6.07, 6.45) is 2.81. The number of nitrogens with one attached hydrogen (secondary N) is 2. The molecule has 2 aromatic rings. The van der Waals surface area contributed by atoms with Gasteiger partial charge in [-0.25, -0.2) is 4.98 Å². The molecule has 15 heavy (non-hydrogen) atoms. The third-order valence-corrected chi connectivity index (χ3v) is 1.81. The molecule has 0 aliphatic carbocycles. The van der Waals surface area contributed by atoms with E-state index in [2.05, 4.69) is 20.4 Å². The summed E-state index contributed by atoms with van der Waals surface area (Å²) in [5, 5.41) is 6.41. The van der Waals surface area contributed by atoms with Gasteiger partial charge in [0, 0.05) is 6.07 Å². The van der Waals surface area contributed by atoms with Gasteiger partial charge in [-0.05, 0) is 0 Å². The molecule has 0 unspecified atom stereocenters. The van der Waals surface area contributed by atoms with Crippen molar-refractivity contribution >= 4 is 11.5 Å². The van der Waals surface area contributed by atoms with E-state index in [-0.39, 0.29) is 11.2 Å². The van der Waals surface area contributed by atoms with E-state index in [1.165, 1.54) is 12.5 Å². The molecule has 4 N–H and O–H groups in total. The average Bonchev–Trinajstić information content (AvgIpc) is 2.73. The number of aromatic nitrogens is 3. The molecular weight excluding hydrogens is 198 g/mol. The molecule has 0 atom stereocenters. The lowest BCUT2D eigenvalue weighted by molar-refractivity contribution is 0.388. The summed E-state index contributed by atoms with van der Waals surface area (Å²) in [6.45, 7) is 0.376. The van der Waals surface area contributed by atoms with E-state index in [9.17, 15) is 4.79 Å². The van der Waals surface area contributed by atoms with Gasteiger partial charge in [-0.15, -0.1) is 0 Å². The minimum absolute atomic E-state index is 0.0528. The summed E-state index contributed by atoms with van der Waals surface area (Å²) >= 11 is 0. The Morgan fingerprint density at radius 3 is 3.20 bits per heavy atom. The van der Waals surface area contributed by atoms with Crippen molar-refractivity contribution < 1.29 is 4.52 Å². The first-order valence-electron chi connectivity index (χ1n) is 4.24. The van der Waals surface area contributed by atoms with Gasteiger partial charge in [0.1, 0.15) is 5.69 Å². The predicted molar refractivity (Wildman–Crippen MR) is 53.1 cm³/mol. The molecular formula is C8H9N5O2. The van der Waals surface area contributed by atoms with Crippen LogP contribution in [-0.4, -0.2) is 15.1 Å². The van der Waals surface area contributed by atoms with Crippen molar-refractivity contribution in [1.82, 2.24) is 15.1 Å².